The van der Waals surface area contributed by atoms with Crippen molar-refractivity contribution in [1.29, 1.82) is 0 Å². The molecule has 0 aromatic heterocycles. The van der Waals surface area contributed by atoms with Crippen molar-refractivity contribution in [2.24, 2.45) is 0 Å². The van der Waals surface area contributed by atoms with Gasteiger partial charge in [0.1, 0.15) is 0 Å². The summed E-state index contributed by atoms with van der Waals surface area (Å²) in [6.07, 6.45) is 1.02. The Morgan fingerprint density at radius 3 is 2.37 bits per heavy atom. The molecule has 0 aliphatic rings. The van der Waals surface area contributed by atoms with Gasteiger partial charge in [-0.3, -0.25) is 0 Å². The van der Waals surface area contributed by atoms with E-state index < -0.39 is 0 Å². The predicted octanol–water partition coefficient (Wildman–Crippen LogP) is 4.37. The molecule has 0 radical (unpaired) electrons. The molecular weight excluding hydrogens is 252 g/mol. The number of benzene rings is 2. The van der Waals surface area contributed by atoms with E-state index in [-0.39, 0.29) is 0 Å². The molecule has 0 aliphatic carbocycles. The third-order valence-corrected chi connectivity index (χ3v) is 3.11. The Labute approximate surface area is 119 Å². The molecule has 2 aromatic rings. The molecule has 0 unspecified atom stereocenters. The van der Waals surface area contributed by atoms with E-state index in [9.17, 15) is 0 Å². The summed E-state index contributed by atoms with van der Waals surface area (Å²) in [5, 5.41) is 6.98. The minimum absolute atomic E-state index is 0.608. The molecule has 2 nitrogen and oxygen atoms in total. The van der Waals surface area contributed by atoms with Gasteiger partial charge in [-0.2, -0.15) is 0 Å². The summed E-state index contributed by atoms with van der Waals surface area (Å²) < 4.78 is 0. The Kier molecular flexibility index (Phi) is 4.53. The Morgan fingerprint density at radius 1 is 1.00 bits per heavy atom. The molecular formula is C16H18N2S. The number of aryl methyl sites for hydroxylation is 2. The van der Waals surface area contributed by atoms with Crippen LogP contribution in [0.3, 0.4) is 0 Å². The van der Waals surface area contributed by atoms with Crippen molar-refractivity contribution in [2.75, 3.05) is 10.6 Å². The van der Waals surface area contributed by atoms with Gasteiger partial charge in [-0.25, -0.2) is 0 Å². The highest BCUT2D eigenvalue weighted by Gasteiger charge is 1.99. The molecule has 2 aromatic carbocycles. The quantitative estimate of drug-likeness (QED) is 0.810. The maximum absolute atomic E-state index is 5.31. The molecule has 0 heterocycles. The van der Waals surface area contributed by atoms with Gasteiger partial charge >= 0.3 is 0 Å². The number of nitrogens with one attached hydrogen (secondary N) is 2. The van der Waals surface area contributed by atoms with Crippen LogP contribution in [0.15, 0.2) is 48.5 Å². The number of anilines is 2. The van der Waals surface area contributed by atoms with Crippen LogP contribution in [0.1, 0.15) is 18.1 Å². The predicted molar refractivity (Wildman–Crippen MR) is 86.8 cm³/mol. The van der Waals surface area contributed by atoms with Crippen LogP contribution in [0.4, 0.5) is 11.4 Å². The van der Waals surface area contributed by atoms with Crippen molar-refractivity contribution in [3.63, 3.8) is 0 Å². The summed E-state index contributed by atoms with van der Waals surface area (Å²) in [5.74, 6) is 0. The lowest BCUT2D eigenvalue weighted by Crippen LogP contribution is -2.19. The zero-order valence-corrected chi connectivity index (χ0v) is 12.1. The molecule has 0 aliphatic heterocycles. The summed E-state index contributed by atoms with van der Waals surface area (Å²) in [7, 11) is 0. The molecule has 0 atom stereocenters. The van der Waals surface area contributed by atoms with Crippen molar-refractivity contribution in [3.05, 3.63) is 59.7 Å². The van der Waals surface area contributed by atoms with Crippen molar-refractivity contribution in [2.45, 2.75) is 20.3 Å². The smallest absolute Gasteiger partial charge is 0.175 e. The van der Waals surface area contributed by atoms with E-state index in [1.807, 2.05) is 24.3 Å². The number of hydrogen-bond donors (Lipinski definition) is 2. The molecule has 19 heavy (non-hydrogen) atoms. The molecule has 0 fully saturated rings. The normalized spacial score (nSPS) is 10.0. The molecule has 0 saturated heterocycles. The molecule has 0 amide bonds. The standard InChI is InChI=1S/C16H18N2S/c1-3-13-5-4-6-15(11-13)18-16(19)17-14-9-7-12(2)8-10-14/h4-11H,3H2,1-2H3,(H2,17,18,19). The fourth-order valence-corrected chi connectivity index (χ4v) is 2.04. The summed E-state index contributed by atoms with van der Waals surface area (Å²) >= 11 is 5.31. The van der Waals surface area contributed by atoms with Crippen molar-refractivity contribution < 1.29 is 0 Å². The van der Waals surface area contributed by atoms with E-state index in [2.05, 4.69) is 48.7 Å². The lowest BCUT2D eigenvalue weighted by Gasteiger charge is -2.11. The van der Waals surface area contributed by atoms with Gasteiger partial charge in [-0.1, -0.05) is 36.8 Å². The Hall–Kier alpha value is -1.87. The summed E-state index contributed by atoms with van der Waals surface area (Å²) in [4.78, 5) is 0. The highest BCUT2D eigenvalue weighted by atomic mass is 32.1. The third kappa shape index (κ3) is 4.07. The first-order chi connectivity index (χ1) is 9.17. The minimum atomic E-state index is 0.608. The van der Waals surface area contributed by atoms with Crippen LogP contribution in [0.25, 0.3) is 0 Å². The van der Waals surface area contributed by atoms with E-state index in [1.54, 1.807) is 0 Å². The molecule has 2 N–H and O–H groups in total. The van der Waals surface area contributed by atoms with Gasteiger partial charge in [0.2, 0.25) is 0 Å². The van der Waals surface area contributed by atoms with Crippen LogP contribution >= 0.6 is 12.2 Å². The van der Waals surface area contributed by atoms with E-state index >= 15 is 0 Å². The third-order valence-electron chi connectivity index (χ3n) is 2.90. The van der Waals surface area contributed by atoms with Gasteiger partial charge in [-0.05, 0) is 55.4 Å². The van der Waals surface area contributed by atoms with E-state index in [4.69, 9.17) is 12.2 Å². The maximum atomic E-state index is 5.31. The molecule has 98 valence electrons. The highest BCUT2D eigenvalue weighted by molar-refractivity contribution is 7.80. The largest absolute Gasteiger partial charge is 0.332 e. The molecule has 0 spiro atoms. The second-order valence-electron chi connectivity index (χ2n) is 4.50. The van der Waals surface area contributed by atoms with Crippen LogP contribution in [-0.2, 0) is 6.42 Å². The van der Waals surface area contributed by atoms with Crippen molar-refractivity contribution in [1.82, 2.24) is 0 Å². The first-order valence-corrected chi connectivity index (χ1v) is 6.82. The lowest BCUT2D eigenvalue weighted by molar-refractivity contribution is 1.14. The second-order valence-corrected chi connectivity index (χ2v) is 4.91. The first kappa shape index (κ1) is 13.6. The Morgan fingerprint density at radius 2 is 1.68 bits per heavy atom. The fourth-order valence-electron chi connectivity index (χ4n) is 1.80. The van der Waals surface area contributed by atoms with E-state index in [0.29, 0.717) is 5.11 Å². The first-order valence-electron chi connectivity index (χ1n) is 6.41. The second kappa shape index (κ2) is 6.34. The Balaban J connectivity index is 1.99. The van der Waals surface area contributed by atoms with Gasteiger partial charge in [0.05, 0.1) is 0 Å². The molecule has 0 bridgehead atoms. The summed E-state index contributed by atoms with van der Waals surface area (Å²) in [6.45, 7) is 4.21. The van der Waals surface area contributed by atoms with Crippen LogP contribution in [0.5, 0.6) is 0 Å². The van der Waals surface area contributed by atoms with E-state index in [0.717, 1.165) is 17.8 Å². The minimum Gasteiger partial charge on any atom is -0.332 e. The fraction of sp³-hybridized carbons (Fsp3) is 0.188. The average Bonchev–Trinajstić information content (AvgIpc) is 2.41. The lowest BCUT2D eigenvalue weighted by atomic mass is 10.1. The van der Waals surface area contributed by atoms with Gasteiger partial charge in [0.25, 0.3) is 0 Å². The summed E-state index contributed by atoms with van der Waals surface area (Å²) in [5.41, 5.74) is 4.54. The van der Waals surface area contributed by atoms with Gasteiger partial charge < -0.3 is 10.6 Å². The average molecular weight is 270 g/mol. The molecule has 2 rings (SSSR count). The van der Waals surface area contributed by atoms with Crippen LogP contribution in [-0.4, -0.2) is 5.11 Å². The topological polar surface area (TPSA) is 24.1 Å². The highest BCUT2D eigenvalue weighted by Crippen LogP contribution is 2.13. The van der Waals surface area contributed by atoms with Crippen LogP contribution in [0, 0.1) is 6.92 Å². The number of thiocarbonyl (C=S) groups is 1. The molecule has 0 saturated carbocycles. The van der Waals surface area contributed by atoms with Crippen molar-refractivity contribution >= 4 is 28.7 Å². The van der Waals surface area contributed by atoms with Gasteiger partial charge in [-0.15, -0.1) is 0 Å². The SMILES string of the molecule is CCc1cccc(NC(=S)Nc2ccc(C)cc2)c1. The Bertz CT molecular complexity index is 561. The molecule has 3 heteroatoms. The maximum Gasteiger partial charge on any atom is 0.175 e. The van der Waals surface area contributed by atoms with Crippen LogP contribution in [0.2, 0.25) is 0 Å². The van der Waals surface area contributed by atoms with Crippen molar-refractivity contribution in [3.8, 4) is 0 Å². The monoisotopic (exact) mass is 270 g/mol. The zero-order chi connectivity index (χ0) is 13.7. The van der Waals surface area contributed by atoms with Crippen LogP contribution < -0.4 is 10.6 Å². The van der Waals surface area contributed by atoms with Gasteiger partial charge in [0, 0.05) is 11.4 Å². The summed E-state index contributed by atoms with van der Waals surface area (Å²) in [6, 6.07) is 16.4. The zero-order valence-electron chi connectivity index (χ0n) is 11.2. The number of rotatable bonds is 3. The van der Waals surface area contributed by atoms with Gasteiger partial charge in [0.15, 0.2) is 5.11 Å². The van der Waals surface area contributed by atoms with E-state index in [1.165, 1.54) is 11.1 Å². The number of hydrogen-bond acceptors (Lipinski definition) is 1.